The maximum Gasteiger partial charge on any atom is 0.0346 e. The summed E-state index contributed by atoms with van der Waals surface area (Å²) in [6.45, 7) is 7.30. The summed E-state index contributed by atoms with van der Waals surface area (Å²) in [5.74, 6) is 0. The highest BCUT2D eigenvalue weighted by Gasteiger charge is 2.03. The van der Waals surface area contributed by atoms with Crippen LogP contribution in [0.4, 0.5) is 0 Å². The van der Waals surface area contributed by atoms with Crippen LogP contribution in [-0.4, -0.2) is 11.0 Å². The lowest BCUT2D eigenvalue weighted by atomic mass is 10.0. The largest absolute Gasteiger partial charge is 0.310 e. The molecule has 1 heterocycles. The van der Waals surface area contributed by atoms with Crippen molar-refractivity contribution in [2.75, 3.05) is 0 Å². The lowest BCUT2D eigenvalue weighted by molar-refractivity contribution is 0.588. The van der Waals surface area contributed by atoms with E-state index in [1.54, 1.807) is 0 Å². The van der Waals surface area contributed by atoms with Gasteiger partial charge in [-0.3, -0.25) is 4.98 Å². The van der Waals surface area contributed by atoms with E-state index in [0.717, 1.165) is 6.54 Å². The van der Waals surface area contributed by atoms with E-state index < -0.39 is 0 Å². The molecule has 0 amide bonds. The number of hydrogen-bond acceptors (Lipinski definition) is 2. The topological polar surface area (TPSA) is 24.9 Å². The molecular weight excluding hydrogens is 220 g/mol. The van der Waals surface area contributed by atoms with E-state index in [-0.39, 0.29) is 0 Å². The molecule has 2 aromatic rings. The average molecular weight is 240 g/mol. The Morgan fingerprint density at radius 2 is 1.94 bits per heavy atom. The Kier molecular flexibility index (Phi) is 4.11. The second-order valence-corrected chi connectivity index (χ2v) is 4.93. The van der Waals surface area contributed by atoms with Crippen molar-refractivity contribution in [2.45, 2.75) is 33.4 Å². The molecule has 0 saturated carbocycles. The summed E-state index contributed by atoms with van der Waals surface area (Å²) >= 11 is 0. The fourth-order valence-corrected chi connectivity index (χ4v) is 1.95. The normalized spacial score (nSPS) is 10.9. The molecule has 2 rings (SSSR count). The first kappa shape index (κ1) is 12.8. The van der Waals surface area contributed by atoms with Gasteiger partial charge in [-0.25, -0.2) is 0 Å². The predicted octanol–water partition coefficient (Wildman–Crippen LogP) is 3.56. The first-order valence-electron chi connectivity index (χ1n) is 6.40. The third-order valence-corrected chi connectivity index (χ3v) is 2.97. The van der Waals surface area contributed by atoms with E-state index in [1.807, 2.05) is 12.4 Å². The van der Waals surface area contributed by atoms with E-state index in [9.17, 15) is 0 Å². The first-order chi connectivity index (χ1) is 8.66. The quantitative estimate of drug-likeness (QED) is 0.884. The number of pyridine rings is 1. The van der Waals surface area contributed by atoms with Gasteiger partial charge in [0.25, 0.3) is 0 Å². The van der Waals surface area contributed by atoms with Gasteiger partial charge in [-0.1, -0.05) is 38.1 Å². The number of rotatable bonds is 4. The van der Waals surface area contributed by atoms with Gasteiger partial charge in [0.05, 0.1) is 0 Å². The fraction of sp³-hybridized carbons (Fsp3) is 0.312. The number of aromatic nitrogens is 1. The predicted molar refractivity (Wildman–Crippen MR) is 76.4 cm³/mol. The first-order valence-corrected chi connectivity index (χ1v) is 6.40. The van der Waals surface area contributed by atoms with Crippen molar-refractivity contribution in [1.82, 2.24) is 10.3 Å². The lowest BCUT2D eigenvalue weighted by Crippen LogP contribution is -2.21. The lowest BCUT2D eigenvalue weighted by Gasteiger charge is -2.10. The monoisotopic (exact) mass is 240 g/mol. The van der Waals surface area contributed by atoms with Gasteiger partial charge in [-0.05, 0) is 29.7 Å². The Morgan fingerprint density at radius 3 is 2.67 bits per heavy atom. The van der Waals surface area contributed by atoms with Crippen LogP contribution < -0.4 is 5.32 Å². The van der Waals surface area contributed by atoms with Crippen molar-refractivity contribution < 1.29 is 0 Å². The molecule has 2 nitrogen and oxygen atoms in total. The Bertz CT molecular complexity index is 518. The van der Waals surface area contributed by atoms with Crippen LogP contribution >= 0.6 is 0 Å². The molecule has 0 aliphatic carbocycles. The molecule has 0 spiro atoms. The van der Waals surface area contributed by atoms with Crippen LogP contribution in [-0.2, 0) is 6.54 Å². The van der Waals surface area contributed by atoms with Gasteiger partial charge >= 0.3 is 0 Å². The average Bonchev–Trinajstić information content (AvgIpc) is 2.37. The zero-order chi connectivity index (χ0) is 13.0. The molecule has 1 N–H and O–H groups in total. The molecule has 0 aliphatic rings. The number of nitrogens with one attached hydrogen (secondary N) is 1. The molecule has 18 heavy (non-hydrogen) atoms. The van der Waals surface area contributed by atoms with Crippen molar-refractivity contribution in [3.8, 4) is 11.1 Å². The summed E-state index contributed by atoms with van der Waals surface area (Å²) in [4.78, 5) is 4.34. The Morgan fingerprint density at radius 1 is 1.17 bits per heavy atom. The second kappa shape index (κ2) is 5.78. The summed E-state index contributed by atoms with van der Waals surface area (Å²) in [5.41, 5.74) is 4.96. The Labute approximate surface area is 109 Å². The summed E-state index contributed by atoms with van der Waals surface area (Å²) in [6.07, 6.45) is 3.86. The third kappa shape index (κ3) is 3.17. The highest BCUT2D eigenvalue weighted by atomic mass is 14.9. The van der Waals surface area contributed by atoms with Crippen molar-refractivity contribution in [3.05, 3.63) is 53.9 Å². The smallest absolute Gasteiger partial charge is 0.0346 e. The minimum Gasteiger partial charge on any atom is -0.310 e. The van der Waals surface area contributed by atoms with Crippen LogP contribution in [0.15, 0.2) is 42.7 Å². The molecule has 0 atom stereocenters. The zero-order valence-corrected chi connectivity index (χ0v) is 11.3. The van der Waals surface area contributed by atoms with E-state index in [2.05, 4.69) is 61.4 Å². The summed E-state index contributed by atoms with van der Waals surface area (Å²) in [5, 5.41) is 3.42. The SMILES string of the molecule is Cc1ccccc1-c1cncc(CNC(C)C)c1. The third-order valence-electron chi connectivity index (χ3n) is 2.97. The Balaban J connectivity index is 2.25. The summed E-state index contributed by atoms with van der Waals surface area (Å²) in [6, 6.07) is 11.1. The molecule has 0 saturated heterocycles. The van der Waals surface area contributed by atoms with Gasteiger partial charge in [0.1, 0.15) is 0 Å². The molecule has 0 fully saturated rings. The number of nitrogens with zero attached hydrogens (tertiary/aromatic N) is 1. The van der Waals surface area contributed by atoms with Crippen LogP contribution in [0.1, 0.15) is 25.0 Å². The van der Waals surface area contributed by atoms with Crippen molar-refractivity contribution >= 4 is 0 Å². The molecule has 94 valence electrons. The number of hydrogen-bond donors (Lipinski definition) is 1. The summed E-state index contributed by atoms with van der Waals surface area (Å²) in [7, 11) is 0. The van der Waals surface area contributed by atoms with Gasteiger partial charge < -0.3 is 5.32 Å². The minimum atomic E-state index is 0.493. The maximum atomic E-state index is 4.34. The molecule has 0 unspecified atom stereocenters. The molecule has 0 aliphatic heterocycles. The number of benzene rings is 1. The van der Waals surface area contributed by atoms with Crippen LogP contribution in [0.2, 0.25) is 0 Å². The summed E-state index contributed by atoms with van der Waals surface area (Å²) < 4.78 is 0. The van der Waals surface area contributed by atoms with E-state index in [1.165, 1.54) is 22.3 Å². The van der Waals surface area contributed by atoms with Gasteiger partial charge in [-0.15, -0.1) is 0 Å². The van der Waals surface area contributed by atoms with Crippen LogP contribution in [0.25, 0.3) is 11.1 Å². The maximum absolute atomic E-state index is 4.34. The Hall–Kier alpha value is -1.67. The van der Waals surface area contributed by atoms with Crippen molar-refractivity contribution in [2.24, 2.45) is 0 Å². The number of aryl methyl sites for hydroxylation is 1. The van der Waals surface area contributed by atoms with Crippen molar-refractivity contribution in [1.29, 1.82) is 0 Å². The van der Waals surface area contributed by atoms with E-state index in [4.69, 9.17) is 0 Å². The van der Waals surface area contributed by atoms with Gasteiger partial charge in [0.2, 0.25) is 0 Å². The van der Waals surface area contributed by atoms with Crippen LogP contribution in [0, 0.1) is 6.92 Å². The molecule has 2 heteroatoms. The van der Waals surface area contributed by atoms with Gasteiger partial charge in [0.15, 0.2) is 0 Å². The second-order valence-electron chi connectivity index (χ2n) is 4.93. The standard InChI is InChI=1S/C16H20N2/c1-12(2)18-10-14-8-15(11-17-9-14)16-7-5-4-6-13(16)3/h4-9,11-12,18H,10H2,1-3H3. The van der Waals surface area contributed by atoms with E-state index >= 15 is 0 Å². The minimum absolute atomic E-state index is 0.493. The highest BCUT2D eigenvalue weighted by molar-refractivity contribution is 5.66. The molecule has 1 aromatic carbocycles. The molecular formula is C16H20N2. The highest BCUT2D eigenvalue weighted by Crippen LogP contribution is 2.22. The van der Waals surface area contributed by atoms with Gasteiger partial charge in [0, 0.05) is 30.5 Å². The van der Waals surface area contributed by atoms with Crippen molar-refractivity contribution in [3.63, 3.8) is 0 Å². The van der Waals surface area contributed by atoms with Gasteiger partial charge in [-0.2, -0.15) is 0 Å². The zero-order valence-electron chi connectivity index (χ0n) is 11.3. The molecule has 0 radical (unpaired) electrons. The fourth-order valence-electron chi connectivity index (χ4n) is 1.95. The molecule has 0 bridgehead atoms. The van der Waals surface area contributed by atoms with Crippen LogP contribution in [0.5, 0.6) is 0 Å². The molecule has 1 aromatic heterocycles. The van der Waals surface area contributed by atoms with E-state index in [0.29, 0.717) is 6.04 Å². The van der Waals surface area contributed by atoms with Crippen LogP contribution in [0.3, 0.4) is 0 Å².